The monoisotopic (exact) mass is 188 g/mol. The molecule has 2 rings (SSSR count). The van der Waals surface area contributed by atoms with Crippen LogP contribution in [0.3, 0.4) is 0 Å². The van der Waals surface area contributed by atoms with E-state index in [1.54, 1.807) is 6.33 Å². The lowest BCUT2D eigenvalue weighted by Gasteiger charge is -2.01. The Kier molecular flexibility index (Phi) is 2.08. The number of rotatable bonds is 2. The highest BCUT2D eigenvalue weighted by atomic mass is 16.1. The van der Waals surface area contributed by atoms with E-state index in [0.717, 1.165) is 17.3 Å². The maximum Gasteiger partial charge on any atom is 0.139 e. The Bertz CT molecular complexity index is 485. The highest BCUT2D eigenvalue weighted by Gasteiger charge is 2.03. The van der Waals surface area contributed by atoms with Crippen LogP contribution in [0.1, 0.15) is 11.1 Å². The first-order valence-corrected chi connectivity index (χ1v) is 4.58. The van der Waals surface area contributed by atoms with Crippen LogP contribution in [-0.2, 0) is 11.3 Å². The fourth-order valence-electron chi connectivity index (χ4n) is 1.54. The SMILES string of the molecule is Cc1cc2ncn(CC=O)c2cc1C. The molecule has 0 spiro atoms. The van der Waals surface area contributed by atoms with Gasteiger partial charge in [0.25, 0.3) is 0 Å². The third-order valence-electron chi connectivity index (χ3n) is 2.51. The van der Waals surface area contributed by atoms with Gasteiger partial charge < -0.3 is 9.36 Å². The Morgan fingerprint density at radius 1 is 1.36 bits per heavy atom. The second-order valence-electron chi connectivity index (χ2n) is 3.49. The van der Waals surface area contributed by atoms with Gasteiger partial charge in [-0.2, -0.15) is 0 Å². The lowest BCUT2D eigenvalue weighted by atomic mass is 10.1. The van der Waals surface area contributed by atoms with Gasteiger partial charge in [-0.3, -0.25) is 0 Å². The highest BCUT2D eigenvalue weighted by molar-refractivity contribution is 5.78. The molecular weight excluding hydrogens is 176 g/mol. The van der Waals surface area contributed by atoms with E-state index < -0.39 is 0 Å². The standard InChI is InChI=1S/C11H12N2O/c1-8-5-10-11(6-9(8)2)13(3-4-14)7-12-10/h4-7H,3H2,1-2H3. The smallest absolute Gasteiger partial charge is 0.139 e. The number of carbonyl (C=O) groups excluding carboxylic acids is 1. The third kappa shape index (κ3) is 1.31. The van der Waals surface area contributed by atoms with E-state index in [1.165, 1.54) is 11.1 Å². The Hall–Kier alpha value is -1.64. The molecule has 0 N–H and O–H groups in total. The molecule has 0 atom stereocenters. The van der Waals surface area contributed by atoms with Crippen LogP contribution in [0.15, 0.2) is 18.5 Å². The first kappa shape index (κ1) is 8.94. The first-order chi connectivity index (χ1) is 6.72. The minimum absolute atomic E-state index is 0.374. The van der Waals surface area contributed by atoms with E-state index in [0.29, 0.717) is 6.54 Å². The van der Waals surface area contributed by atoms with Crippen molar-refractivity contribution in [1.29, 1.82) is 0 Å². The van der Waals surface area contributed by atoms with Crippen LogP contribution in [-0.4, -0.2) is 15.8 Å². The molecule has 1 heterocycles. The number of aryl methyl sites for hydroxylation is 2. The quantitative estimate of drug-likeness (QED) is 0.674. The summed E-state index contributed by atoms with van der Waals surface area (Å²) in [5.74, 6) is 0. The fraction of sp³-hybridized carbons (Fsp3) is 0.273. The van der Waals surface area contributed by atoms with Crippen molar-refractivity contribution in [3.8, 4) is 0 Å². The van der Waals surface area contributed by atoms with E-state index in [9.17, 15) is 4.79 Å². The van der Waals surface area contributed by atoms with Crippen LogP contribution in [0.2, 0.25) is 0 Å². The van der Waals surface area contributed by atoms with Crippen molar-refractivity contribution in [1.82, 2.24) is 9.55 Å². The molecule has 0 saturated heterocycles. The molecule has 3 nitrogen and oxygen atoms in total. The van der Waals surface area contributed by atoms with Gasteiger partial charge in [-0.15, -0.1) is 0 Å². The molecular formula is C11H12N2O. The van der Waals surface area contributed by atoms with Gasteiger partial charge >= 0.3 is 0 Å². The van der Waals surface area contributed by atoms with Crippen molar-refractivity contribution in [3.63, 3.8) is 0 Å². The lowest BCUT2D eigenvalue weighted by molar-refractivity contribution is -0.108. The molecule has 1 aromatic carbocycles. The normalized spacial score (nSPS) is 10.7. The maximum absolute atomic E-state index is 10.4. The zero-order valence-corrected chi connectivity index (χ0v) is 8.32. The van der Waals surface area contributed by atoms with Gasteiger partial charge in [0.05, 0.1) is 23.9 Å². The molecule has 0 fully saturated rings. The number of carbonyl (C=O) groups is 1. The second-order valence-corrected chi connectivity index (χ2v) is 3.49. The predicted molar refractivity (Wildman–Crippen MR) is 55.3 cm³/mol. The summed E-state index contributed by atoms with van der Waals surface area (Å²) in [6.45, 7) is 4.50. The van der Waals surface area contributed by atoms with Gasteiger partial charge in [-0.05, 0) is 37.1 Å². The van der Waals surface area contributed by atoms with Gasteiger partial charge in [0.2, 0.25) is 0 Å². The van der Waals surface area contributed by atoms with Gasteiger partial charge in [-0.25, -0.2) is 4.98 Å². The van der Waals surface area contributed by atoms with Crippen molar-refractivity contribution in [2.75, 3.05) is 0 Å². The Morgan fingerprint density at radius 3 is 2.79 bits per heavy atom. The Labute approximate surface area is 82.4 Å². The van der Waals surface area contributed by atoms with Crippen LogP contribution >= 0.6 is 0 Å². The van der Waals surface area contributed by atoms with Crippen molar-refractivity contribution >= 4 is 17.3 Å². The van der Waals surface area contributed by atoms with Crippen LogP contribution in [0.25, 0.3) is 11.0 Å². The molecule has 0 aliphatic carbocycles. The molecule has 0 radical (unpaired) electrons. The molecule has 2 aromatic rings. The van der Waals surface area contributed by atoms with Gasteiger partial charge in [-0.1, -0.05) is 0 Å². The summed E-state index contributed by atoms with van der Waals surface area (Å²) in [5.41, 5.74) is 4.44. The van der Waals surface area contributed by atoms with Crippen molar-refractivity contribution < 1.29 is 4.79 Å². The first-order valence-electron chi connectivity index (χ1n) is 4.58. The summed E-state index contributed by atoms with van der Waals surface area (Å²) in [5, 5.41) is 0. The molecule has 72 valence electrons. The lowest BCUT2D eigenvalue weighted by Crippen LogP contribution is -1.96. The zero-order chi connectivity index (χ0) is 10.1. The summed E-state index contributed by atoms with van der Waals surface area (Å²) in [6, 6.07) is 4.12. The summed E-state index contributed by atoms with van der Waals surface area (Å²) >= 11 is 0. The number of imidazole rings is 1. The van der Waals surface area contributed by atoms with Crippen LogP contribution in [0.4, 0.5) is 0 Å². The Balaban J connectivity index is 2.67. The molecule has 14 heavy (non-hydrogen) atoms. The minimum Gasteiger partial charge on any atom is -0.323 e. The van der Waals surface area contributed by atoms with Crippen molar-refractivity contribution in [3.05, 3.63) is 29.6 Å². The zero-order valence-electron chi connectivity index (χ0n) is 8.32. The summed E-state index contributed by atoms with van der Waals surface area (Å²) in [7, 11) is 0. The molecule has 0 unspecified atom stereocenters. The Morgan fingerprint density at radius 2 is 2.07 bits per heavy atom. The van der Waals surface area contributed by atoms with E-state index in [1.807, 2.05) is 10.6 Å². The van der Waals surface area contributed by atoms with E-state index in [2.05, 4.69) is 24.9 Å². The third-order valence-corrected chi connectivity index (χ3v) is 2.51. The molecule has 3 heteroatoms. The number of benzene rings is 1. The molecule has 0 aliphatic rings. The number of aldehydes is 1. The maximum atomic E-state index is 10.4. The molecule has 1 aromatic heterocycles. The average Bonchev–Trinajstić information content (AvgIpc) is 2.51. The van der Waals surface area contributed by atoms with Gasteiger partial charge in [0, 0.05) is 0 Å². The fourth-order valence-corrected chi connectivity index (χ4v) is 1.54. The summed E-state index contributed by atoms with van der Waals surface area (Å²) in [6.07, 6.45) is 2.59. The van der Waals surface area contributed by atoms with E-state index in [-0.39, 0.29) is 0 Å². The van der Waals surface area contributed by atoms with Crippen LogP contribution < -0.4 is 0 Å². The minimum atomic E-state index is 0.374. The number of fused-ring (bicyclic) bond motifs is 1. The van der Waals surface area contributed by atoms with Gasteiger partial charge in [0.15, 0.2) is 0 Å². The van der Waals surface area contributed by atoms with Crippen LogP contribution in [0, 0.1) is 13.8 Å². The second kappa shape index (κ2) is 3.25. The molecule has 0 aliphatic heterocycles. The number of nitrogens with zero attached hydrogens (tertiary/aromatic N) is 2. The van der Waals surface area contributed by atoms with Crippen molar-refractivity contribution in [2.45, 2.75) is 20.4 Å². The average molecular weight is 188 g/mol. The van der Waals surface area contributed by atoms with E-state index >= 15 is 0 Å². The molecule has 0 saturated carbocycles. The van der Waals surface area contributed by atoms with Crippen LogP contribution in [0.5, 0.6) is 0 Å². The molecule has 0 amide bonds. The van der Waals surface area contributed by atoms with Gasteiger partial charge in [0.1, 0.15) is 6.29 Å². The summed E-state index contributed by atoms with van der Waals surface area (Å²) < 4.78 is 1.86. The highest BCUT2D eigenvalue weighted by Crippen LogP contribution is 2.17. The number of hydrogen-bond donors (Lipinski definition) is 0. The predicted octanol–water partition coefficient (Wildman–Crippen LogP) is 1.85. The number of aromatic nitrogens is 2. The topological polar surface area (TPSA) is 34.9 Å². The van der Waals surface area contributed by atoms with Crippen molar-refractivity contribution in [2.24, 2.45) is 0 Å². The molecule has 0 bridgehead atoms. The van der Waals surface area contributed by atoms with E-state index in [4.69, 9.17) is 0 Å². The largest absolute Gasteiger partial charge is 0.323 e. The number of hydrogen-bond acceptors (Lipinski definition) is 2. The summed E-state index contributed by atoms with van der Waals surface area (Å²) in [4.78, 5) is 14.7.